The lowest BCUT2D eigenvalue weighted by Gasteiger charge is -2.07. The smallest absolute Gasteiger partial charge is 0.195 e. The second-order valence-electron chi connectivity index (χ2n) is 4.82. The molecule has 0 radical (unpaired) electrons. The first-order valence-electron chi connectivity index (χ1n) is 6.32. The molecule has 0 fully saturated rings. The highest BCUT2D eigenvalue weighted by molar-refractivity contribution is 7.99. The van der Waals surface area contributed by atoms with Gasteiger partial charge in [-0.15, -0.1) is 0 Å². The van der Waals surface area contributed by atoms with Crippen LogP contribution in [0.15, 0.2) is 35.1 Å². The minimum atomic E-state index is 0.652. The number of nitrogens with zero attached hydrogens (tertiary/aromatic N) is 4. The molecule has 0 saturated carbocycles. The Morgan fingerprint density at radius 2 is 2.00 bits per heavy atom. The fourth-order valence-corrected chi connectivity index (χ4v) is 2.22. The van der Waals surface area contributed by atoms with Crippen molar-refractivity contribution in [2.24, 2.45) is 13.0 Å². The van der Waals surface area contributed by atoms with Gasteiger partial charge in [-0.1, -0.05) is 13.8 Å². The van der Waals surface area contributed by atoms with Gasteiger partial charge in [0.05, 0.1) is 0 Å². The molecule has 19 heavy (non-hydrogen) atoms. The first-order chi connectivity index (χ1) is 9.15. The molecule has 0 saturated heterocycles. The van der Waals surface area contributed by atoms with Gasteiger partial charge in [0.15, 0.2) is 10.3 Å². The highest BCUT2D eigenvalue weighted by atomic mass is 32.2. The average molecular weight is 277 g/mol. The predicted molar refractivity (Wildman–Crippen MR) is 75.9 cm³/mol. The van der Waals surface area contributed by atoms with E-state index in [9.17, 15) is 0 Å². The SMILES string of the molecule is CC(C)CNCc1cnc(Sc2nccn2C)nc1. The zero-order valence-electron chi connectivity index (χ0n) is 11.5. The number of aryl methyl sites for hydroxylation is 1. The normalized spacial score (nSPS) is 11.2. The molecule has 0 unspecified atom stereocenters. The van der Waals surface area contributed by atoms with Gasteiger partial charge in [0.2, 0.25) is 0 Å². The molecule has 6 heteroatoms. The van der Waals surface area contributed by atoms with E-state index >= 15 is 0 Å². The van der Waals surface area contributed by atoms with Crippen LogP contribution in [0, 0.1) is 5.92 Å². The second kappa shape index (κ2) is 6.68. The van der Waals surface area contributed by atoms with Gasteiger partial charge in [0.1, 0.15) is 0 Å². The topological polar surface area (TPSA) is 55.6 Å². The Morgan fingerprint density at radius 3 is 2.58 bits per heavy atom. The van der Waals surface area contributed by atoms with Crippen molar-refractivity contribution in [2.45, 2.75) is 30.7 Å². The summed E-state index contributed by atoms with van der Waals surface area (Å²) in [6.07, 6.45) is 7.41. The summed E-state index contributed by atoms with van der Waals surface area (Å²) in [5, 5.41) is 4.99. The number of imidazole rings is 1. The van der Waals surface area contributed by atoms with Gasteiger partial charge in [-0.3, -0.25) is 0 Å². The third-order valence-corrected chi connectivity index (χ3v) is 3.49. The lowest BCUT2D eigenvalue weighted by atomic mass is 10.2. The largest absolute Gasteiger partial charge is 0.329 e. The summed E-state index contributed by atoms with van der Waals surface area (Å²) in [5.74, 6) is 0.652. The van der Waals surface area contributed by atoms with Gasteiger partial charge in [0, 0.05) is 43.9 Å². The Hall–Kier alpha value is -1.40. The molecule has 0 spiro atoms. The predicted octanol–water partition coefficient (Wildman–Crippen LogP) is 2.11. The summed E-state index contributed by atoms with van der Waals surface area (Å²) in [7, 11) is 1.96. The van der Waals surface area contributed by atoms with Crippen molar-refractivity contribution in [3.8, 4) is 0 Å². The van der Waals surface area contributed by atoms with Crippen LogP contribution in [-0.4, -0.2) is 26.1 Å². The number of hydrogen-bond acceptors (Lipinski definition) is 5. The molecule has 2 heterocycles. The molecular formula is C13H19N5S. The van der Waals surface area contributed by atoms with E-state index in [1.54, 1.807) is 6.20 Å². The van der Waals surface area contributed by atoms with Crippen LogP contribution in [-0.2, 0) is 13.6 Å². The van der Waals surface area contributed by atoms with Crippen LogP contribution in [0.25, 0.3) is 0 Å². The van der Waals surface area contributed by atoms with Gasteiger partial charge in [-0.05, 0) is 24.2 Å². The van der Waals surface area contributed by atoms with Gasteiger partial charge < -0.3 is 9.88 Å². The van der Waals surface area contributed by atoms with E-state index < -0.39 is 0 Å². The fourth-order valence-electron chi connectivity index (χ4n) is 1.52. The number of rotatable bonds is 6. The Kier molecular flexibility index (Phi) is 4.93. The highest BCUT2D eigenvalue weighted by Crippen LogP contribution is 2.21. The lowest BCUT2D eigenvalue weighted by molar-refractivity contribution is 0.550. The molecular weight excluding hydrogens is 258 g/mol. The molecule has 0 bridgehead atoms. The highest BCUT2D eigenvalue weighted by Gasteiger charge is 2.05. The summed E-state index contributed by atoms with van der Waals surface area (Å²) in [6.45, 7) is 6.20. The van der Waals surface area contributed by atoms with Crippen LogP contribution in [0.1, 0.15) is 19.4 Å². The van der Waals surface area contributed by atoms with Crippen molar-refractivity contribution in [1.29, 1.82) is 0 Å². The summed E-state index contributed by atoms with van der Waals surface area (Å²) < 4.78 is 1.95. The van der Waals surface area contributed by atoms with Crippen molar-refractivity contribution in [3.05, 3.63) is 30.4 Å². The maximum absolute atomic E-state index is 4.35. The molecule has 1 N–H and O–H groups in total. The summed E-state index contributed by atoms with van der Waals surface area (Å²) in [6, 6.07) is 0. The first kappa shape index (κ1) is 14.0. The van der Waals surface area contributed by atoms with Crippen molar-refractivity contribution in [1.82, 2.24) is 24.8 Å². The Morgan fingerprint density at radius 1 is 1.26 bits per heavy atom. The molecule has 0 amide bonds. The van der Waals surface area contributed by atoms with E-state index in [2.05, 4.69) is 34.1 Å². The van der Waals surface area contributed by atoms with E-state index in [-0.39, 0.29) is 0 Å². The Labute approximate surface area is 117 Å². The monoisotopic (exact) mass is 277 g/mol. The van der Waals surface area contributed by atoms with E-state index in [1.165, 1.54) is 11.8 Å². The first-order valence-corrected chi connectivity index (χ1v) is 7.13. The molecule has 0 aliphatic rings. The molecule has 2 aromatic rings. The lowest BCUT2D eigenvalue weighted by Crippen LogP contribution is -2.19. The third-order valence-electron chi connectivity index (χ3n) is 2.52. The second-order valence-corrected chi connectivity index (χ2v) is 5.76. The molecule has 2 rings (SSSR count). The minimum absolute atomic E-state index is 0.652. The van der Waals surface area contributed by atoms with Crippen LogP contribution in [0.3, 0.4) is 0 Å². The average Bonchev–Trinajstić information content (AvgIpc) is 2.77. The van der Waals surface area contributed by atoms with Crippen LogP contribution in [0.4, 0.5) is 0 Å². The van der Waals surface area contributed by atoms with Gasteiger partial charge in [0.25, 0.3) is 0 Å². The Bertz CT molecular complexity index is 506. The quantitative estimate of drug-likeness (QED) is 0.820. The molecule has 5 nitrogen and oxygen atoms in total. The third kappa shape index (κ3) is 4.33. The van der Waals surface area contributed by atoms with Crippen LogP contribution < -0.4 is 5.32 Å². The van der Waals surface area contributed by atoms with Gasteiger partial charge >= 0.3 is 0 Å². The molecule has 2 aromatic heterocycles. The van der Waals surface area contributed by atoms with Crippen molar-refractivity contribution in [3.63, 3.8) is 0 Å². The van der Waals surface area contributed by atoms with Crippen molar-refractivity contribution >= 4 is 11.8 Å². The molecule has 102 valence electrons. The standard InChI is InChI=1S/C13H19N5S/c1-10(2)6-14-7-11-8-16-12(17-9-11)19-13-15-4-5-18(13)3/h4-5,8-10,14H,6-7H2,1-3H3. The zero-order chi connectivity index (χ0) is 13.7. The molecule has 0 aliphatic heterocycles. The molecule has 0 atom stereocenters. The van der Waals surface area contributed by atoms with Gasteiger partial charge in [-0.25, -0.2) is 15.0 Å². The van der Waals surface area contributed by atoms with Gasteiger partial charge in [-0.2, -0.15) is 0 Å². The van der Waals surface area contributed by atoms with Crippen LogP contribution >= 0.6 is 11.8 Å². The van der Waals surface area contributed by atoms with Crippen molar-refractivity contribution < 1.29 is 0 Å². The van der Waals surface area contributed by atoms with E-state index in [0.29, 0.717) is 5.92 Å². The van der Waals surface area contributed by atoms with E-state index in [1.807, 2.05) is 30.2 Å². The van der Waals surface area contributed by atoms with E-state index in [0.717, 1.165) is 29.0 Å². The zero-order valence-corrected chi connectivity index (χ0v) is 12.3. The van der Waals surface area contributed by atoms with Crippen molar-refractivity contribution in [2.75, 3.05) is 6.54 Å². The summed E-state index contributed by atoms with van der Waals surface area (Å²) in [5.41, 5.74) is 1.10. The number of nitrogens with one attached hydrogen (secondary N) is 1. The summed E-state index contributed by atoms with van der Waals surface area (Å²) >= 11 is 1.47. The minimum Gasteiger partial charge on any atom is -0.329 e. The number of aromatic nitrogens is 4. The maximum atomic E-state index is 4.35. The Balaban J connectivity index is 1.89. The molecule has 0 aromatic carbocycles. The molecule has 0 aliphatic carbocycles. The number of hydrogen-bond donors (Lipinski definition) is 1. The van der Waals surface area contributed by atoms with Crippen LogP contribution in [0.5, 0.6) is 0 Å². The summed E-state index contributed by atoms with van der Waals surface area (Å²) in [4.78, 5) is 12.9. The van der Waals surface area contributed by atoms with E-state index in [4.69, 9.17) is 0 Å². The fraction of sp³-hybridized carbons (Fsp3) is 0.462. The maximum Gasteiger partial charge on any atom is 0.195 e. The van der Waals surface area contributed by atoms with Crippen LogP contribution in [0.2, 0.25) is 0 Å².